The fourth-order valence-corrected chi connectivity index (χ4v) is 0.913. The van der Waals surface area contributed by atoms with Gasteiger partial charge in [0.05, 0.1) is 7.11 Å². The maximum atomic E-state index is 11.5. The first-order valence-corrected chi connectivity index (χ1v) is 5.26. The van der Waals surface area contributed by atoms with Gasteiger partial charge in [-0.1, -0.05) is 13.2 Å². The average molecular weight is 239 g/mol. The van der Waals surface area contributed by atoms with E-state index in [2.05, 4.69) is 18.5 Å². The van der Waals surface area contributed by atoms with Crippen LogP contribution in [0.4, 0.5) is 4.79 Å². The molecular formula is C13H21NO3. The Morgan fingerprint density at radius 3 is 2.24 bits per heavy atom. The molecule has 4 heteroatoms. The molecule has 0 spiro atoms. The van der Waals surface area contributed by atoms with Crippen molar-refractivity contribution in [2.24, 2.45) is 0 Å². The Bertz CT molecular complexity index is 348. The van der Waals surface area contributed by atoms with Gasteiger partial charge in [-0.15, -0.1) is 0 Å². The first-order chi connectivity index (χ1) is 7.65. The minimum absolute atomic E-state index is 0.456. The fraction of sp³-hybridized carbons (Fsp3) is 0.462. The monoisotopic (exact) mass is 239 g/mol. The maximum Gasteiger partial charge on any atom is 0.412 e. The van der Waals surface area contributed by atoms with E-state index in [-0.39, 0.29) is 0 Å². The molecule has 0 bridgehead atoms. The van der Waals surface area contributed by atoms with E-state index in [9.17, 15) is 4.79 Å². The van der Waals surface area contributed by atoms with Gasteiger partial charge < -0.3 is 9.47 Å². The molecule has 0 heterocycles. The van der Waals surface area contributed by atoms with Crippen LogP contribution in [0.1, 0.15) is 27.7 Å². The number of methoxy groups -OCH3 is 1. The quantitative estimate of drug-likeness (QED) is 0.605. The third kappa shape index (κ3) is 7.22. The molecule has 0 aromatic heterocycles. The zero-order chi connectivity index (χ0) is 13.6. The highest BCUT2D eigenvalue weighted by atomic mass is 16.6. The summed E-state index contributed by atoms with van der Waals surface area (Å²) in [7, 11) is 1.52. The molecule has 96 valence electrons. The highest BCUT2D eigenvalue weighted by Gasteiger charge is 2.16. The molecule has 0 aromatic carbocycles. The Morgan fingerprint density at radius 2 is 1.82 bits per heavy atom. The van der Waals surface area contributed by atoms with E-state index in [1.807, 2.05) is 0 Å². The lowest BCUT2D eigenvalue weighted by Crippen LogP contribution is -2.32. The van der Waals surface area contributed by atoms with Crippen LogP contribution in [0, 0.1) is 0 Å². The van der Waals surface area contributed by atoms with Gasteiger partial charge in [0.15, 0.2) is 0 Å². The largest absolute Gasteiger partial charge is 0.497 e. The van der Waals surface area contributed by atoms with Crippen molar-refractivity contribution < 1.29 is 14.3 Å². The number of carbonyl (C=O) groups is 1. The number of nitrogens with one attached hydrogen (secondary N) is 1. The molecule has 0 unspecified atom stereocenters. The Labute approximate surface area is 103 Å². The molecule has 0 aliphatic rings. The van der Waals surface area contributed by atoms with E-state index < -0.39 is 11.7 Å². The van der Waals surface area contributed by atoms with Crippen LogP contribution in [0.3, 0.4) is 0 Å². The molecular weight excluding hydrogens is 218 g/mol. The van der Waals surface area contributed by atoms with Gasteiger partial charge in [-0.2, -0.15) is 0 Å². The van der Waals surface area contributed by atoms with E-state index in [0.717, 1.165) is 5.57 Å². The third-order valence-corrected chi connectivity index (χ3v) is 1.77. The number of hydrogen-bond acceptors (Lipinski definition) is 3. The van der Waals surface area contributed by atoms with E-state index in [0.29, 0.717) is 11.5 Å². The predicted molar refractivity (Wildman–Crippen MR) is 68.4 cm³/mol. The molecule has 17 heavy (non-hydrogen) atoms. The van der Waals surface area contributed by atoms with Crippen molar-refractivity contribution in [3.8, 4) is 0 Å². The normalized spacial score (nSPS) is 11.7. The second kappa shape index (κ2) is 6.13. The lowest BCUT2D eigenvalue weighted by atomic mass is 10.2. The zero-order valence-electron chi connectivity index (χ0n) is 11.2. The van der Waals surface area contributed by atoms with Gasteiger partial charge in [0, 0.05) is 5.70 Å². The van der Waals surface area contributed by atoms with Gasteiger partial charge in [-0.05, 0) is 39.3 Å². The molecule has 4 nitrogen and oxygen atoms in total. The van der Waals surface area contributed by atoms with Crippen molar-refractivity contribution in [2.45, 2.75) is 33.3 Å². The summed E-state index contributed by atoms with van der Waals surface area (Å²) < 4.78 is 10.00. The van der Waals surface area contributed by atoms with E-state index in [1.54, 1.807) is 33.8 Å². The first kappa shape index (κ1) is 15.3. The van der Waals surface area contributed by atoms with Gasteiger partial charge >= 0.3 is 6.09 Å². The van der Waals surface area contributed by atoms with Crippen LogP contribution in [0.5, 0.6) is 0 Å². The number of carbonyl (C=O) groups excluding carboxylic acids is 1. The SMILES string of the molecule is C=C(/C=C(/C)C(=C)NC(=O)OC(C)(C)C)OC. The summed E-state index contributed by atoms with van der Waals surface area (Å²) in [6.07, 6.45) is 1.15. The van der Waals surface area contributed by atoms with Gasteiger partial charge in [-0.3, -0.25) is 5.32 Å². The summed E-state index contributed by atoms with van der Waals surface area (Å²) in [6, 6.07) is 0. The third-order valence-electron chi connectivity index (χ3n) is 1.77. The molecule has 0 fully saturated rings. The second-order valence-corrected chi connectivity index (χ2v) is 4.60. The van der Waals surface area contributed by atoms with Gasteiger partial charge in [0.1, 0.15) is 11.4 Å². The summed E-state index contributed by atoms with van der Waals surface area (Å²) in [5.74, 6) is 0.495. The Kier molecular flexibility index (Phi) is 5.51. The minimum Gasteiger partial charge on any atom is -0.497 e. The van der Waals surface area contributed by atoms with Gasteiger partial charge in [0.25, 0.3) is 0 Å². The van der Waals surface area contributed by atoms with Crippen molar-refractivity contribution in [2.75, 3.05) is 7.11 Å². The van der Waals surface area contributed by atoms with Crippen molar-refractivity contribution in [3.05, 3.63) is 36.3 Å². The molecule has 0 radical (unpaired) electrons. The molecule has 0 aromatic rings. The number of allylic oxidation sites excluding steroid dienone is 2. The molecule has 0 saturated carbocycles. The number of rotatable bonds is 4. The fourth-order valence-electron chi connectivity index (χ4n) is 0.913. The van der Waals surface area contributed by atoms with Crippen LogP contribution in [0.2, 0.25) is 0 Å². The number of amides is 1. The van der Waals surface area contributed by atoms with E-state index >= 15 is 0 Å². The van der Waals surface area contributed by atoms with Crippen LogP contribution in [-0.4, -0.2) is 18.8 Å². The van der Waals surface area contributed by atoms with E-state index in [4.69, 9.17) is 9.47 Å². The highest BCUT2D eigenvalue weighted by molar-refractivity contribution is 5.71. The van der Waals surface area contributed by atoms with Crippen molar-refractivity contribution >= 4 is 6.09 Å². The minimum atomic E-state index is -0.530. The summed E-state index contributed by atoms with van der Waals surface area (Å²) in [6.45, 7) is 14.6. The maximum absolute atomic E-state index is 11.5. The van der Waals surface area contributed by atoms with Gasteiger partial charge in [-0.25, -0.2) is 4.79 Å². The second-order valence-electron chi connectivity index (χ2n) is 4.60. The number of alkyl carbamates (subject to hydrolysis) is 1. The molecule has 1 amide bonds. The van der Waals surface area contributed by atoms with Crippen LogP contribution in [-0.2, 0) is 9.47 Å². The van der Waals surface area contributed by atoms with Crippen molar-refractivity contribution in [3.63, 3.8) is 0 Å². The first-order valence-electron chi connectivity index (χ1n) is 5.26. The van der Waals surface area contributed by atoms with Crippen molar-refractivity contribution in [1.29, 1.82) is 0 Å². The van der Waals surface area contributed by atoms with Gasteiger partial charge in [0.2, 0.25) is 0 Å². The summed E-state index contributed by atoms with van der Waals surface area (Å²) in [5.41, 5.74) is 0.679. The molecule has 0 rings (SSSR count). The smallest absolute Gasteiger partial charge is 0.412 e. The van der Waals surface area contributed by atoms with Crippen LogP contribution in [0.15, 0.2) is 36.3 Å². The number of ether oxygens (including phenoxy) is 2. The van der Waals surface area contributed by atoms with Crippen LogP contribution < -0.4 is 5.32 Å². The summed E-state index contributed by atoms with van der Waals surface area (Å²) in [4.78, 5) is 11.5. The van der Waals surface area contributed by atoms with Crippen molar-refractivity contribution in [1.82, 2.24) is 5.32 Å². The molecule has 0 aliphatic carbocycles. The summed E-state index contributed by atoms with van der Waals surface area (Å²) in [5, 5.41) is 2.55. The lowest BCUT2D eigenvalue weighted by molar-refractivity contribution is 0.0547. The van der Waals surface area contributed by atoms with Crippen LogP contribution in [0.25, 0.3) is 0 Å². The Morgan fingerprint density at radius 1 is 1.29 bits per heavy atom. The molecule has 0 aliphatic heterocycles. The molecule has 0 atom stereocenters. The topological polar surface area (TPSA) is 47.6 Å². The highest BCUT2D eigenvalue weighted by Crippen LogP contribution is 2.10. The average Bonchev–Trinajstić information content (AvgIpc) is 2.14. The van der Waals surface area contributed by atoms with E-state index in [1.165, 1.54) is 7.11 Å². The standard InChI is InChI=1S/C13H21NO3/c1-9(8-10(2)16-7)11(3)14-12(15)17-13(4,5)6/h8H,2-3H2,1,4-7H3,(H,14,15)/b9-8-. The molecule has 0 saturated heterocycles. The Hall–Kier alpha value is -1.71. The number of hydrogen-bond donors (Lipinski definition) is 1. The zero-order valence-corrected chi connectivity index (χ0v) is 11.2. The molecule has 1 N–H and O–H groups in total. The van der Waals surface area contributed by atoms with Crippen LogP contribution >= 0.6 is 0 Å². The lowest BCUT2D eigenvalue weighted by Gasteiger charge is -2.20. The predicted octanol–water partition coefficient (Wildman–Crippen LogP) is 3.13. The summed E-state index contributed by atoms with van der Waals surface area (Å²) >= 11 is 0. The Balaban J connectivity index is 4.41.